The molecule has 2 aromatic rings. The molecule has 0 saturated carbocycles. The van der Waals surface area contributed by atoms with Gasteiger partial charge in [0, 0.05) is 24.5 Å². The Kier molecular flexibility index (Phi) is 4.09. The molecular formula is C15H16N4. The Bertz CT molecular complexity index is 597. The summed E-state index contributed by atoms with van der Waals surface area (Å²) >= 11 is 0. The Labute approximate surface area is 113 Å². The third kappa shape index (κ3) is 3.29. The van der Waals surface area contributed by atoms with Crippen LogP contribution in [0.5, 0.6) is 0 Å². The fourth-order valence-corrected chi connectivity index (χ4v) is 1.72. The van der Waals surface area contributed by atoms with Crippen LogP contribution in [0.3, 0.4) is 0 Å². The molecule has 0 atom stereocenters. The lowest BCUT2D eigenvalue weighted by Crippen LogP contribution is -2.04. The van der Waals surface area contributed by atoms with Gasteiger partial charge in [0.2, 0.25) is 5.95 Å². The van der Waals surface area contributed by atoms with E-state index in [-0.39, 0.29) is 0 Å². The molecule has 0 aliphatic carbocycles. The van der Waals surface area contributed by atoms with E-state index in [0.717, 1.165) is 11.1 Å². The maximum atomic E-state index is 8.45. The molecule has 96 valence electrons. The van der Waals surface area contributed by atoms with Crippen LogP contribution in [0.2, 0.25) is 0 Å². The predicted octanol–water partition coefficient (Wildman–Crippen LogP) is 3.09. The van der Waals surface area contributed by atoms with Gasteiger partial charge in [-0.25, -0.2) is 9.97 Å². The van der Waals surface area contributed by atoms with Crippen LogP contribution in [0.1, 0.15) is 17.5 Å². The lowest BCUT2D eigenvalue weighted by atomic mass is 10.0. The molecule has 0 radical (unpaired) electrons. The topological polar surface area (TPSA) is 61.6 Å². The van der Waals surface area contributed by atoms with Crippen LogP contribution in [0.25, 0.3) is 11.1 Å². The summed E-state index contributed by atoms with van der Waals surface area (Å²) in [6, 6.07) is 8.38. The summed E-state index contributed by atoms with van der Waals surface area (Å²) in [6.45, 7) is 4.76. The monoisotopic (exact) mass is 252 g/mol. The van der Waals surface area contributed by atoms with Gasteiger partial charge < -0.3 is 5.32 Å². The zero-order valence-corrected chi connectivity index (χ0v) is 11.1. The number of nitrogens with zero attached hydrogens (tertiary/aromatic N) is 3. The highest BCUT2D eigenvalue weighted by Crippen LogP contribution is 2.21. The molecule has 0 bridgehead atoms. The summed E-state index contributed by atoms with van der Waals surface area (Å²) in [5, 5.41) is 11.5. The summed E-state index contributed by atoms with van der Waals surface area (Å²) in [5.41, 5.74) is 4.65. The molecule has 4 nitrogen and oxygen atoms in total. The Morgan fingerprint density at radius 1 is 1.11 bits per heavy atom. The van der Waals surface area contributed by atoms with E-state index in [0.29, 0.717) is 18.9 Å². The first kappa shape index (κ1) is 13.0. The Morgan fingerprint density at radius 2 is 1.84 bits per heavy atom. The quantitative estimate of drug-likeness (QED) is 0.849. The van der Waals surface area contributed by atoms with Gasteiger partial charge in [-0.3, -0.25) is 0 Å². The van der Waals surface area contributed by atoms with Crippen molar-refractivity contribution in [2.45, 2.75) is 20.3 Å². The van der Waals surface area contributed by atoms with Crippen molar-refractivity contribution in [2.24, 2.45) is 0 Å². The van der Waals surface area contributed by atoms with E-state index in [4.69, 9.17) is 5.26 Å². The van der Waals surface area contributed by atoms with E-state index < -0.39 is 0 Å². The lowest BCUT2D eigenvalue weighted by Gasteiger charge is -2.06. The fraction of sp³-hybridized carbons (Fsp3) is 0.267. The van der Waals surface area contributed by atoms with Crippen LogP contribution in [0.4, 0.5) is 5.95 Å². The van der Waals surface area contributed by atoms with Gasteiger partial charge in [0.25, 0.3) is 0 Å². The van der Waals surface area contributed by atoms with Gasteiger partial charge in [0.05, 0.1) is 12.5 Å². The van der Waals surface area contributed by atoms with Gasteiger partial charge in [0.1, 0.15) is 0 Å². The number of rotatable bonds is 4. The average Bonchev–Trinajstić information content (AvgIpc) is 2.43. The van der Waals surface area contributed by atoms with E-state index >= 15 is 0 Å². The second kappa shape index (κ2) is 5.96. The molecule has 2 rings (SSSR count). The number of aromatic nitrogens is 2. The van der Waals surface area contributed by atoms with Gasteiger partial charge in [-0.15, -0.1) is 0 Å². The fourth-order valence-electron chi connectivity index (χ4n) is 1.72. The van der Waals surface area contributed by atoms with Crippen molar-refractivity contribution in [2.75, 3.05) is 11.9 Å². The number of aryl methyl sites for hydroxylation is 2. The largest absolute Gasteiger partial charge is 0.353 e. The van der Waals surface area contributed by atoms with E-state index in [1.165, 1.54) is 11.1 Å². The van der Waals surface area contributed by atoms with Gasteiger partial charge in [0.15, 0.2) is 0 Å². The minimum atomic E-state index is 0.447. The average molecular weight is 252 g/mol. The maximum Gasteiger partial charge on any atom is 0.222 e. The normalized spacial score (nSPS) is 9.95. The van der Waals surface area contributed by atoms with Gasteiger partial charge in [-0.2, -0.15) is 5.26 Å². The molecule has 0 aliphatic heterocycles. The summed E-state index contributed by atoms with van der Waals surface area (Å²) in [4.78, 5) is 8.49. The number of hydrogen-bond acceptors (Lipinski definition) is 4. The third-order valence-electron chi connectivity index (χ3n) is 3.01. The number of benzene rings is 1. The summed E-state index contributed by atoms with van der Waals surface area (Å²) < 4.78 is 0. The van der Waals surface area contributed by atoms with E-state index in [9.17, 15) is 0 Å². The molecule has 1 aromatic carbocycles. The highest BCUT2D eigenvalue weighted by molar-refractivity contribution is 5.63. The molecule has 1 aromatic heterocycles. The van der Waals surface area contributed by atoms with Gasteiger partial charge in [-0.1, -0.05) is 18.2 Å². The zero-order valence-electron chi connectivity index (χ0n) is 11.1. The molecule has 0 amide bonds. The van der Waals surface area contributed by atoms with Gasteiger partial charge in [-0.05, 0) is 30.5 Å². The van der Waals surface area contributed by atoms with Crippen molar-refractivity contribution < 1.29 is 0 Å². The summed E-state index contributed by atoms with van der Waals surface area (Å²) in [7, 11) is 0. The Balaban J connectivity index is 2.13. The zero-order chi connectivity index (χ0) is 13.7. The molecular weight excluding hydrogens is 236 g/mol. The first-order valence-electron chi connectivity index (χ1n) is 6.21. The van der Waals surface area contributed by atoms with Crippen molar-refractivity contribution >= 4 is 5.95 Å². The molecule has 0 fully saturated rings. The first-order chi connectivity index (χ1) is 9.20. The molecule has 0 saturated heterocycles. The van der Waals surface area contributed by atoms with Crippen LogP contribution in [-0.2, 0) is 0 Å². The minimum absolute atomic E-state index is 0.447. The van der Waals surface area contributed by atoms with Crippen molar-refractivity contribution in [3.8, 4) is 17.2 Å². The van der Waals surface area contributed by atoms with Crippen molar-refractivity contribution in [3.63, 3.8) is 0 Å². The molecule has 0 unspecified atom stereocenters. The van der Waals surface area contributed by atoms with Crippen LogP contribution in [0, 0.1) is 25.2 Å². The highest BCUT2D eigenvalue weighted by atomic mass is 15.1. The predicted molar refractivity (Wildman–Crippen MR) is 75.7 cm³/mol. The molecule has 19 heavy (non-hydrogen) atoms. The van der Waals surface area contributed by atoms with Crippen molar-refractivity contribution in [3.05, 3.63) is 41.7 Å². The Morgan fingerprint density at radius 3 is 2.47 bits per heavy atom. The molecule has 1 heterocycles. The van der Waals surface area contributed by atoms with Crippen LogP contribution >= 0.6 is 0 Å². The number of anilines is 1. The second-order valence-corrected chi connectivity index (χ2v) is 4.43. The van der Waals surface area contributed by atoms with Crippen molar-refractivity contribution in [1.82, 2.24) is 9.97 Å². The lowest BCUT2D eigenvalue weighted by molar-refractivity contribution is 1.02. The number of hydrogen-bond donors (Lipinski definition) is 1. The minimum Gasteiger partial charge on any atom is -0.353 e. The second-order valence-electron chi connectivity index (χ2n) is 4.43. The van der Waals surface area contributed by atoms with Gasteiger partial charge >= 0.3 is 0 Å². The van der Waals surface area contributed by atoms with Crippen LogP contribution in [0.15, 0.2) is 30.6 Å². The number of nitriles is 1. The van der Waals surface area contributed by atoms with E-state index in [2.05, 4.69) is 53.4 Å². The standard InChI is InChI=1S/C15H16N4/c1-11-4-5-13(8-12(11)2)14-9-18-15(19-10-14)17-7-3-6-16/h4-5,8-10H,3,7H2,1-2H3,(H,17,18,19). The van der Waals surface area contributed by atoms with Crippen LogP contribution in [-0.4, -0.2) is 16.5 Å². The third-order valence-corrected chi connectivity index (χ3v) is 3.01. The number of nitrogens with one attached hydrogen (secondary N) is 1. The van der Waals surface area contributed by atoms with Crippen LogP contribution < -0.4 is 5.32 Å². The Hall–Kier alpha value is -2.41. The summed E-state index contributed by atoms with van der Waals surface area (Å²) in [6.07, 6.45) is 4.04. The molecule has 0 spiro atoms. The highest BCUT2D eigenvalue weighted by Gasteiger charge is 2.02. The SMILES string of the molecule is Cc1ccc(-c2cnc(NCCC#N)nc2)cc1C. The molecule has 0 aliphatic rings. The maximum absolute atomic E-state index is 8.45. The first-order valence-corrected chi connectivity index (χ1v) is 6.21. The summed E-state index contributed by atoms with van der Waals surface area (Å²) in [5.74, 6) is 0.558. The van der Waals surface area contributed by atoms with E-state index in [1.54, 1.807) is 12.4 Å². The molecule has 1 N–H and O–H groups in total. The molecule has 4 heteroatoms. The van der Waals surface area contributed by atoms with Crippen molar-refractivity contribution in [1.29, 1.82) is 5.26 Å². The smallest absolute Gasteiger partial charge is 0.222 e. The van der Waals surface area contributed by atoms with E-state index in [1.807, 2.05) is 0 Å².